The summed E-state index contributed by atoms with van der Waals surface area (Å²) in [5.41, 5.74) is 4.34. The second-order valence-electron chi connectivity index (χ2n) is 5.39. The molecule has 0 fully saturated rings. The second-order valence-corrected chi connectivity index (χ2v) is 5.80. The van der Waals surface area contributed by atoms with E-state index in [0.29, 0.717) is 22.6 Å². The van der Waals surface area contributed by atoms with Gasteiger partial charge in [-0.25, -0.2) is 9.37 Å². The molecule has 2 aromatic heterocycles. The van der Waals surface area contributed by atoms with E-state index < -0.39 is 5.82 Å². The summed E-state index contributed by atoms with van der Waals surface area (Å²) < 4.78 is 13.5. The summed E-state index contributed by atoms with van der Waals surface area (Å²) >= 11 is 5.78. The molecule has 7 heteroatoms. The Morgan fingerprint density at radius 2 is 1.92 bits per heavy atom. The molecule has 0 saturated carbocycles. The molecule has 0 bridgehead atoms. The van der Waals surface area contributed by atoms with E-state index >= 15 is 0 Å². The van der Waals surface area contributed by atoms with Gasteiger partial charge in [0.05, 0.1) is 28.4 Å². The fourth-order valence-corrected chi connectivity index (χ4v) is 2.66. The predicted molar refractivity (Wildman–Crippen MR) is 90.0 cm³/mol. The molecule has 0 amide bonds. The molecule has 0 saturated heterocycles. The summed E-state index contributed by atoms with van der Waals surface area (Å²) in [5.74, 6) is 0.0611. The van der Waals surface area contributed by atoms with Gasteiger partial charge in [-0.05, 0) is 17.7 Å². The van der Waals surface area contributed by atoms with Crippen LogP contribution in [-0.2, 0) is 6.61 Å². The van der Waals surface area contributed by atoms with Crippen LogP contribution in [0.2, 0.25) is 5.02 Å². The zero-order valence-corrected chi connectivity index (χ0v) is 13.1. The van der Waals surface area contributed by atoms with E-state index in [4.69, 9.17) is 16.7 Å². The van der Waals surface area contributed by atoms with Crippen molar-refractivity contribution in [1.82, 2.24) is 20.2 Å². The summed E-state index contributed by atoms with van der Waals surface area (Å²) in [4.78, 5) is 7.46. The third-order valence-electron chi connectivity index (χ3n) is 3.79. The molecule has 4 aromatic rings. The van der Waals surface area contributed by atoms with Crippen LogP contribution in [0.3, 0.4) is 0 Å². The molecule has 5 nitrogen and oxygen atoms in total. The maximum absolute atomic E-state index is 13.5. The van der Waals surface area contributed by atoms with E-state index in [1.54, 1.807) is 0 Å². The topological polar surface area (TPSA) is 77.6 Å². The van der Waals surface area contributed by atoms with Crippen LogP contribution in [-0.4, -0.2) is 25.3 Å². The summed E-state index contributed by atoms with van der Waals surface area (Å²) in [5, 5.41) is 16.3. The number of aliphatic hydroxyl groups is 1. The lowest BCUT2D eigenvalue weighted by Gasteiger charge is -1.98. The zero-order chi connectivity index (χ0) is 16.7. The van der Waals surface area contributed by atoms with Gasteiger partial charge < -0.3 is 10.1 Å². The van der Waals surface area contributed by atoms with Gasteiger partial charge >= 0.3 is 0 Å². The molecule has 0 aliphatic carbocycles. The van der Waals surface area contributed by atoms with Gasteiger partial charge in [0.2, 0.25) is 0 Å². The first-order valence-electron chi connectivity index (χ1n) is 7.25. The van der Waals surface area contributed by atoms with Crippen molar-refractivity contribution in [2.75, 3.05) is 0 Å². The van der Waals surface area contributed by atoms with Crippen LogP contribution >= 0.6 is 11.6 Å². The summed E-state index contributed by atoms with van der Waals surface area (Å²) in [7, 11) is 0. The minimum Gasteiger partial charge on any atom is -0.392 e. The summed E-state index contributed by atoms with van der Waals surface area (Å²) in [6.07, 6.45) is 0. The van der Waals surface area contributed by atoms with Gasteiger partial charge in [-0.3, -0.25) is 5.10 Å². The number of aromatic nitrogens is 4. The molecule has 0 atom stereocenters. The molecule has 24 heavy (non-hydrogen) atoms. The fraction of sp³-hybridized carbons (Fsp3) is 0.0588. The van der Waals surface area contributed by atoms with Gasteiger partial charge in [0, 0.05) is 11.6 Å². The highest BCUT2D eigenvalue weighted by Gasteiger charge is 2.12. The number of fused-ring (bicyclic) bond motifs is 1. The van der Waals surface area contributed by atoms with Crippen molar-refractivity contribution in [3.05, 3.63) is 58.9 Å². The first-order valence-corrected chi connectivity index (χ1v) is 7.62. The van der Waals surface area contributed by atoms with Gasteiger partial charge in [0.25, 0.3) is 0 Å². The van der Waals surface area contributed by atoms with E-state index in [9.17, 15) is 4.39 Å². The Labute approximate surface area is 141 Å². The highest BCUT2D eigenvalue weighted by atomic mass is 35.5. The number of nitrogens with one attached hydrogen (secondary N) is 2. The monoisotopic (exact) mass is 342 g/mol. The first kappa shape index (κ1) is 14.9. The smallest absolute Gasteiger partial charge is 0.156 e. The van der Waals surface area contributed by atoms with Crippen LogP contribution in [0.25, 0.3) is 33.8 Å². The molecule has 0 unspecified atom stereocenters. The number of hydrogen-bond donors (Lipinski definition) is 3. The number of benzene rings is 2. The fourth-order valence-electron chi connectivity index (χ4n) is 2.50. The van der Waals surface area contributed by atoms with Crippen molar-refractivity contribution in [2.45, 2.75) is 6.61 Å². The van der Waals surface area contributed by atoms with Crippen molar-refractivity contribution in [3.8, 4) is 22.8 Å². The Bertz CT molecular complexity index is 984. The predicted octanol–water partition coefficient (Wildman–Crippen LogP) is 3.90. The summed E-state index contributed by atoms with van der Waals surface area (Å²) in [6.45, 7) is 0.00417. The van der Waals surface area contributed by atoms with Crippen molar-refractivity contribution in [3.63, 3.8) is 0 Å². The van der Waals surface area contributed by atoms with Crippen molar-refractivity contribution < 1.29 is 9.50 Å². The number of hydrogen-bond acceptors (Lipinski definition) is 3. The van der Waals surface area contributed by atoms with Gasteiger partial charge in [0.15, 0.2) is 5.82 Å². The number of rotatable bonds is 3. The van der Waals surface area contributed by atoms with Gasteiger partial charge in [-0.2, -0.15) is 5.10 Å². The lowest BCUT2D eigenvalue weighted by molar-refractivity contribution is 0.282. The Balaban J connectivity index is 1.71. The van der Waals surface area contributed by atoms with Gasteiger partial charge in [-0.15, -0.1) is 0 Å². The lowest BCUT2D eigenvalue weighted by Crippen LogP contribution is -1.83. The Morgan fingerprint density at radius 3 is 2.67 bits per heavy atom. The van der Waals surface area contributed by atoms with Crippen LogP contribution in [0, 0.1) is 5.82 Å². The normalized spacial score (nSPS) is 11.3. The molecule has 2 aromatic carbocycles. The van der Waals surface area contributed by atoms with Crippen LogP contribution in [0.1, 0.15) is 5.56 Å². The van der Waals surface area contributed by atoms with Crippen molar-refractivity contribution >= 4 is 22.6 Å². The third kappa shape index (κ3) is 2.55. The van der Waals surface area contributed by atoms with Gasteiger partial charge in [-0.1, -0.05) is 35.9 Å². The molecular formula is C17H12ClFN4O. The number of aliphatic hydroxyl groups excluding tert-OH is 1. The van der Waals surface area contributed by atoms with E-state index in [1.807, 2.05) is 30.3 Å². The second kappa shape index (κ2) is 5.74. The third-order valence-corrected chi connectivity index (χ3v) is 4.08. The molecule has 3 N–H and O–H groups in total. The molecule has 120 valence electrons. The van der Waals surface area contributed by atoms with Crippen LogP contribution < -0.4 is 0 Å². The molecular weight excluding hydrogens is 331 g/mol. The largest absolute Gasteiger partial charge is 0.392 e. The SMILES string of the molecule is OCc1ccc(-c2cc(-c3nc4cc(Cl)c(F)cc4[nH]3)[nH]n2)cc1. The van der Waals surface area contributed by atoms with Gasteiger partial charge in [0.1, 0.15) is 11.5 Å². The summed E-state index contributed by atoms with van der Waals surface area (Å²) in [6, 6.07) is 12.1. The van der Waals surface area contributed by atoms with Crippen LogP contribution in [0.4, 0.5) is 4.39 Å². The van der Waals surface area contributed by atoms with Crippen LogP contribution in [0.5, 0.6) is 0 Å². The van der Waals surface area contributed by atoms with Crippen molar-refractivity contribution in [1.29, 1.82) is 0 Å². The number of H-pyrrole nitrogens is 2. The molecule has 0 aliphatic heterocycles. The lowest BCUT2D eigenvalue weighted by atomic mass is 10.1. The molecule has 0 aliphatic rings. The first-order chi connectivity index (χ1) is 11.6. The van der Waals surface area contributed by atoms with Crippen LogP contribution in [0.15, 0.2) is 42.5 Å². The van der Waals surface area contributed by atoms with E-state index in [2.05, 4.69) is 20.2 Å². The highest BCUT2D eigenvalue weighted by molar-refractivity contribution is 6.31. The maximum atomic E-state index is 13.5. The van der Waals surface area contributed by atoms with E-state index in [0.717, 1.165) is 16.8 Å². The number of imidazole rings is 1. The average Bonchev–Trinajstić information content (AvgIpc) is 3.22. The minimum absolute atomic E-state index is 0.00417. The average molecular weight is 343 g/mol. The molecule has 0 radical (unpaired) electrons. The Morgan fingerprint density at radius 1 is 1.12 bits per heavy atom. The molecule has 0 spiro atoms. The number of halogens is 2. The van der Waals surface area contributed by atoms with Crippen molar-refractivity contribution in [2.24, 2.45) is 0 Å². The number of aromatic amines is 2. The molecule has 4 rings (SSSR count). The Hall–Kier alpha value is -2.70. The minimum atomic E-state index is -0.492. The van der Waals surface area contributed by atoms with E-state index in [-0.39, 0.29) is 11.6 Å². The maximum Gasteiger partial charge on any atom is 0.156 e. The zero-order valence-electron chi connectivity index (χ0n) is 12.3. The standard InChI is InChI=1S/C17H12ClFN4O/c18-11-5-14-15(6-12(11)19)21-17(20-14)16-7-13(22-23-16)10-3-1-9(8-24)2-4-10/h1-7,24H,8H2,(H,20,21)(H,22,23). The van der Waals surface area contributed by atoms with E-state index in [1.165, 1.54) is 12.1 Å². The Kier molecular flexibility index (Phi) is 3.55. The number of nitrogens with zero attached hydrogens (tertiary/aromatic N) is 2. The quantitative estimate of drug-likeness (QED) is 0.528. The highest BCUT2D eigenvalue weighted by Crippen LogP contribution is 2.26. The molecule has 2 heterocycles.